The van der Waals surface area contributed by atoms with Crippen LogP contribution in [0.3, 0.4) is 0 Å². The lowest BCUT2D eigenvalue weighted by molar-refractivity contribution is 0.352. The maximum atomic E-state index is 13.5. The van der Waals surface area contributed by atoms with E-state index in [4.69, 9.17) is 11.6 Å². The Bertz CT molecular complexity index is 570. The summed E-state index contributed by atoms with van der Waals surface area (Å²) < 4.78 is 13.5. The molecule has 0 radical (unpaired) electrons. The van der Waals surface area contributed by atoms with Gasteiger partial charge in [-0.1, -0.05) is 62.7 Å². The Morgan fingerprint density at radius 3 is 2.33 bits per heavy atom. The fraction of sp³-hybridized carbons (Fsp3) is 0.333. The zero-order valence-electron chi connectivity index (χ0n) is 12.7. The van der Waals surface area contributed by atoms with E-state index in [0.717, 1.165) is 6.42 Å². The molecule has 21 heavy (non-hydrogen) atoms. The molecule has 2 aromatic rings. The van der Waals surface area contributed by atoms with Crippen LogP contribution in [0.1, 0.15) is 38.8 Å². The maximum absolute atomic E-state index is 13.5. The van der Waals surface area contributed by atoms with Crippen LogP contribution in [-0.4, -0.2) is 0 Å². The SMILES string of the molecule is CC(C)(C)CC(Nc1cc(F)cc(Cl)c1)c1ccccc1. The lowest BCUT2D eigenvalue weighted by Gasteiger charge is -2.28. The van der Waals surface area contributed by atoms with Crippen molar-refractivity contribution in [3.63, 3.8) is 0 Å². The molecule has 0 aromatic heterocycles. The molecule has 3 heteroatoms. The number of hydrogen-bond donors (Lipinski definition) is 1. The zero-order valence-corrected chi connectivity index (χ0v) is 13.4. The average Bonchev–Trinajstić information content (AvgIpc) is 2.36. The van der Waals surface area contributed by atoms with Crippen molar-refractivity contribution < 1.29 is 4.39 Å². The number of halogens is 2. The van der Waals surface area contributed by atoms with Crippen LogP contribution in [0.25, 0.3) is 0 Å². The summed E-state index contributed by atoms with van der Waals surface area (Å²) in [5, 5.41) is 3.81. The summed E-state index contributed by atoms with van der Waals surface area (Å²) in [5.41, 5.74) is 2.05. The monoisotopic (exact) mass is 305 g/mol. The molecule has 112 valence electrons. The maximum Gasteiger partial charge on any atom is 0.126 e. The minimum Gasteiger partial charge on any atom is -0.378 e. The summed E-state index contributed by atoms with van der Waals surface area (Å²) in [4.78, 5) is 0. The first-order valence-electron chi connectivity index (χ1n) is 7.11. The van der Waals surface area contributed by atoms with Gasteiger partial charge in [-0.25, -0.2) is 4.39 Å². The van der Waals surface area contributed by atoms with Crippen LogP contribution in [0, 0.1) is 11.2 Å². The minimum absolute atomic E-state index is 0.115. The second-order valence-corrected chi connectivity index (χ2v) is 6.97. The Labute approximate surface area is 131 Å². The number of anilines is 1. The molecule has 0 heterocycles. The second kappa shape index (κ2) is 6.48. The first-order chi connectivity index (χ1) is 9.83. The Balaban J connectivity index is 2.27. The summed E-state index contributed by atoms with van der Waals surface area (Å²) in [6, 6.07) is 14.9. The van der Waals surface area contributed by atoms with Gasteiger partial charge in [-0.3, -0.25) is 0 Å². The van der Waals surface area contributed by atoms with Crippen molar-refractivity contribution in [3.8, 4) is 0 Å². The predicted molar refractivity (Wildman–Crippen MR) is 88.3 cm³/mol. The van der Waals surface area contributed by atoms with Gasteiger partial charge in [-0.05, 0) is 35.6 Å². The van der Waals surface area contributed by atoms with Crippen molar-refractivity contribution in [2.45, 2.75) is 33.2 Å². The molecule has 0 saturated carbocycles. The van der Waals surface area contributed by atoms with Gasteiger partial charge in [-0.15, -0.1) is 0 Å². The lowest BCUT2D eigenvalue weighted by atomic mass is 9.85. The standard InChI is InChI=1S/C18H21ClFN/c1-18(2,3)12-17(13-7-5-4-6-8-13)21-16-10-14(19)9-15(20)11-16/h4-11,17,21H,12H2,1-3H3. The molecule has 0 saturated heterocycles. The van der Waals surface area contributed by atoms with E-state index in [9.17, 15) is 4.39 Å². The topological polar surface area (TPSA) is 12.0 Å². The van der Waals surface area contributed by atoms with Gasteiger partial charge in [0.05, 0.1) is 6.04 Å². The fourth-order valence-corrected chi connectivity index (χ4v) is 2.61. The third-order valence-electron chi connectivity index (χ3n) is 3.22. The van der Waals surface area contributed by atoms with Crippen molar-refractivity contribution in [1.82, 2.24) is 0 Å². The van der Waals surface area contributed by atoms with Crippen LogP contribution in [-0.2, 0) is 0 Å². The zero-order chi connectivity index (χ0) is 15.5. The molecular weight excluding hydrogens is 285 g/mol. The van der Waals surface area contributed by atoms with Crippen LogP contribution < -0.4 is 5.32 Å². The summed E-state index contributed by atoms with van der Waals surface area (Å²) in [6.45, 7) is 6.59. The summed E-state index contributed by atoms with van der Waals surface area (Å²) in [5.74, 6) is -0.326. The molecule has 1 atom stereocenters. The molecular formula is C18H21ClFN. The van der Waals surface area contributed by atoms with Crippen molar-refractivity contribution in [2.24, 2.45) is 5.41 Å². The van der Waals surface area contributed by atoms with E-state index < -0.39 is 0 Å². The van der Waals surface area contributed by atoms with Crippen LogP contribution in [0.2, 0.25) is 5.02 Å². The van der Waals surface area contributed by atoms with Crippen LogP contribution >= 0.6 is 11.6 Å². The third kappa shape index (κ3) is 5.05. The Morgan fingerprint density at radius 2 is 1.76 bits per heavy atom. The van der Waals surface area contributed by atoms with E-state index >= 15 is 0 Å². The van der Waals surface area contributed by atoms with Crippen molar-refractivity contribution in [2.75, 3.05) is 5.32 Å². The van der Waals surface area contributed by atoms with Gasteiger partial charge in [0.25, 0.3) is 0 Å². The van der Waals surface area contributed by atoms with Gasteiger partial charge in [0.15, 0.2) is 0 Å². The Hall–Kier alpha value is -1.54. The van der Waals surface area contributed by atoms with E-state index in [-0.39, 0.29) is 17.3 Å². The highest BCUT2D eigenvalue weighted by atomic mass is 35.5. The van der Waals surface area contributed by atoms with E-state index in [2.05, 4.69) is 38.2 Å². The molecule has 0 spiro atoms. The lowest BCUT2D eigenvalue weighted by Crippen LogP contribution is -2.18. The molecule has 0 bridgehead atoms. The van der Waals surface area contributed by atoms with Crippen LogP contribution in [0.15, 0.2) is 48.5 Å². The van der Waals surface area contributed by atoms with Crippen LogP contribution in [0.5, 0.6) is 0 Å². The second-order valence-electron chi connectivity index (χ2n) is 6.53. The summed E-state index contributed by atoms with van der Waals surface area (Å²) in [7, 11) is 0. The molecule has 0 aliphatic rings. The van der Waals surface area contributed by atoms with Gasteiger partial charge in [0, 0.05) is 10.7 Å². The van der Waals surface area contributed by atoms with E-state index in [1.54, 1.807) is 6.07 Å². The normalized spacial score (nSPS) is 13.0. The van der Waals surface area contributed by atoms with Gasteiger partial charge in [0.2, 0.25) is 0 Å². The predicted octanol–water partition coefficient (Wildman–Crippen LogP) is 6.07. The largest absolute Gasteiger partial charge is 0.378 e. The first-order valence-corrected chi connectivity index (χ1v) is 7.49. The smallest absolute Gasteiger partial charge is 0.126 e. The number of nitrogens with one attached hydrogen (secondary N) is 1. The highest BCUT2D eigenvalue weighted by molar-refractivity contribution is 6.30. The van der Waals surface area contributed by atoms with Gasteiger partial charge < -0.3 is 5.32 Å². The summed E-state index contributed by atoms with van der Waals surface area (Å²) in [6.07, 6.45) is 0.936. The van der Waals surface area contributed by atoms with Gasteiger partial charge in [-0.2, -0.15) is 0 Å². The Morgan fingerprint density at radius 1 is 1.10 bits per heavy atom. The molecule has 0 fully saturated rings. The van der Waals surface area contributed by atoms with E-state index in [0.29, 0.717) is 10.7 Å². The first kappa shape index (κ1) is 15.8. The van der Waals surface area contributed by atoms with Crippen molar-refractivity contribution in [1.29, 1.82) is 0 Å². The molecule has 0 aliphatic heterocycles. The van der Waals surface area contributed by atoms with Crippen molar-refractivity contribution in [3.05, 3.63) is 64.9 Å². The Kier molecular flexibility index (Phi) is 4.89. The molecule has 2 rings (SSSR count). The number of rotatable bonds is 4. The highest BCUT2D eigenvalue weighted by Crippen LogP contribution is 2.32. The van der Waals surface area contributed by atoms with E-state index in [1.807, 2.05) is 18.2 Å². The molecule has 1 unspecified atom stereocenters. The minimum atomic E-state index is -0.326. The highest BCUT2D eigenvalue weighted by Gasteiger charge is 2.20. The third-order valence-corrected chi connectivity index (χ3v) is 3.44. The van der Waals surface area contributed by atoms with Crippen molar-refractivity contribution >= 4 is 17.3 Å². The fourth-order valence-electron chi connectivity index (χ4n) is 2.39. The van der Waals surface area contributed by atoms with Crippen LogP contribution in [0.4, 0.5) is 10.1 Å². The quantitative estimate of drug-likeness (QED) is 0.723. The molecule has 0 amide bonds. The average molecular weight is 306 g/mol. The number of benzene rings is 2. The summed E-state index contributed by atoms with van der Waals surface area (Å²) >= 11 is 5.93. The molecule has 1 N–H and O–H groups in total. The molecule has 0 aliphatic carbocycles. The molecule has 1 nitrogen and oxygen atoms in total. The van der Waals surface area contributed by atoms with Gasteiger partial charge in [0.1, 0.15) is 5.82 Å². The van der Waals surface area contributed by atoms with Gasteiger partial charge >= 0.3 is 0 Å². The van der Waals surface area contributed by atoms with E-state index in [1.165, 1.54) is 17.7 Å². The molecule has 2 aromatic carbocycles. The number of hydrogen-bond acceptors (Lipinski definition) is 1.